The Balaban J connectivity index is 1.71. The molecule has 3 aromatic rings. The van der Waals surface area contributed by atoms with Gasteiger partial charge in [-0.05, 0) is 51.5 Å². The molecule has 1 saturated heterocycles. The average Bonchev–Trinajstić information content (AvgIpc) is 3.15. The van der Waals surface area contributed by atoms with E-state index in [2.05, 4.69) is 11.8 Å². The van der Waals surface area contributed by atoms with Gasteiger partial charge in [-0.25, -0.2) is 19.0 Å². The zero-order chi connectivity index (χ0) is 23.8. The van der Waals surface area contributed by atoms with Crippen LogP contribution >= 0.6 is 11.6 Å². The maximum atomic E-state index is 13.5. The predicted octanol–water partition coefficient (Wildman–Crippen LogP) is 4.13. The number of aryl methyl sites for hydroxylation is 2. The Morgan fingerprint density at radius 1 is 1.12 bits per heavy atom. The van der Waals surface area contributed by atoms with Crippen molar-refractivity contribution in [1.82, 2.24) is 24.6 Å². The number of benzene rings is 1. The molecule has 176 valence electrons. The third-order valence-corrected chi connectivity index (χ3v) is 6.72. The molecule has 7 nitrogen and oxygen atoms in total. The SMILES string of the molecule is CCCc1nc(N2CCN(C(=O)C(C)(C)CCl)CC2)c2c(C)nn(-c3ccc(F)cc3)c2n1. The largest absolute Gasteiger partial charge is 0.352 e. The van der Waals surface area contributed by atoms with E-state index in [9.17, 15) is 9.18 Å². The molecule has 1 amide bonds. The van der Waals surface area contributed by atoms with Crippen LogP contribution in [0.5, 0.6) is 0 Å². The molecule has 1 fully saturated rings. The monoisotopic (exact) mass is 472 g/mol. The van der Waals surface area contributed by atoms with Crippen molar-refractivity contribution in [3.05, 3.63) is 41.6 Å². The van der Waals surface area contributed by atoms with Crippen LogP contribution < -0.4 is 4.90 Å². The van der Waals surface area contributed by atoms with E-state index in [1.807, 2.05) is 25.7 Å². The van der Waals surface area contributed by atoms with Crippen LogP contribution in [0.3, 0.4) is 0 Å². The molecule has 0 atom stereocenters. The van der Waals surface area contributed by atoms with Crippen molar-refractivity contribution >= 4 is 34.4 Å². The van der Waals surface area contributed by atoms with Crippen molar-refractivity contribution in [1.29, 1.82) is 0 Å². The standard InChI is InChI=1S/C24H30ClFN6O/c1-5-6-19-27-21(30-11-13-31(14-12-30)23(33)24(3,4)15-25)20-16(2)29-32(22(20)28-19)18-9-7-17(26)8-10-18/h7-10H,5-6,11-15H2,1-4H3. The van der Waals surface area contributed by atoms with Crippen molar-refractivity contribution in [2.24, 2.45) is 5.41 Å². The van der Waals surface area contributed by atoms with Gasteiger partial charge >= 0.3 is 0 Å². The molecule has 33 heavy (non-hydrogen) atoms. The molecule has 0 radical (unpaired) electrons. The van der Waals surface area contributed by atoms with E-state index in [0.717, 1.165) is 41.3 Å². The zero-order valence-electron chi connectivity index (χ0n) is 19.6. The molecule has 2 aromatic heterocycles. The van der Waals surface area contributed by atoms with Crippen LogP contribution in [0.1, 0.15) is 38.7 Å². The third kappa shape index (κ3) is 4.53. The molecule has 0 spiro atoms. The number of alkyl halides is 1. The molecule has 1 aliphatic heterocycles. The van der Waals surface area contributed by atoms with Crippen LogP contribution in [-0.4, -0.2) is 62.6 Å². The Morgan fingerprint density at radius 3 is 2.39 bits per heavy atom. The molecule has 0 N–H and O–H groups in total. The summed E-state index contributed by atoms with van der Waals surface area (Å²) in [5, 5.41) is 5.61. The Morgan fingerprint density at radius 2 is 1.79 bits per heavy atom. The highest BCUT2D eigenvalue weighted by atomic mass is 35.5. The topological polar surface area (TPSA) is 67.2 Å². The van der Waals surface area contributed by atoms with Crippen LogP contribution in [0, 0.1) is 18.2 Å². The van der Waals surface area contributed by atoms with Gasteiger partial charge in [0.15, 0.2) is 5.65 Å². The molecular weight excluding hydrogens is 443 g/mol. The highest BCUT2D eigenvalue weighted by molar-refractivity contribution is 6.19. The summed E-state index contributed by atoms with van der Waals surface area (Å²) >= 11 is 6.02. The van der Waals surface area contributed by atoms with E-state index >= 15 is 0 Å². The molecular formula is C24H30ClFN6O. The first kappa shape index (κ1) is 23.4. The molecule has 0 saturated carbocycles. The summed E-state index contributed by atoms with van der Waals surface area (Å²) in [7, 11) is 0. The van der Waals surface area contributed by atoms with Crippen LogP contribution in [0.25, 0.3) is 16.7 Å². The van der Waals surface area contributed by atoms with Crippen molar-refractivity contribution in [3.63, 3.8) is 0 Å². The summed E-state index contributed by atoms with van der Waals surface area (Å²) in [5.41, 5.74) is 1.71. The smallest absolute Gasteiger partial charge is 0.229 e. The lowest BCUT2D eigenvalue weighted by molar-refractivity contribution is -0.139. The highest BCUT2D eigenvalue weighted by Crippen LogP contribution is 2.30. The van der Waals surface area contributed by atoms with Gasteiger partial charge in [-0.15, -0.1) is 11.6 Å². The van der Waals surface area contributed by atoms with E-state index in [4.69, 9.17) is 26.7 Å². The van der Waals surface area contributed by atoms with Gasteiger partial charge in [-0.3, -0.25) is 4.79 Å². The minimum absolute atomic E-state index is 0.0805. The summed E-state index contributed by atoms with van der Waals surface area (Å²) in [6.45, 7) is 10.4. The van der Waals surface area contributed by atoms with Gasteiger partial charge in [0, 0.05) is 38.5 Å². The highest BCUT2D eigenvalue weighted by Gasteiger charge is 2.34. The first-order valence-electron chi connectivity index (χ1n) is 11.4. The van der Waals surface area contributed by atoms with E-state index in [-0.39, 0.29) is 11.7 Å². The number of carbonyl (C=O) groups is 1. The van der Waals surface area contributed by atoms with Crippen LogP contribution in [0.4, 0.5) is 10.2 Å². The molecule has 9 heteroatoms. The van der Waals surface area contributed by atoms with Crippen molar-refractivity contribution in [2.75, 3.05) is 37.0 Å². The normalized spacial score (nSPS) is 14.8. The minimum Gasteiger partial charge on any atom is -0.352 e. The van der Waals surface area contributed by atoms with Crippen LogP contribution in [0.2, 0.25) is 0 Å². The molecule has 0 unspecified atom stereocenters. The van der Waals surface area contributed by atoms with E-state index < -0.39 is 5.41 Å². The van der Waals surface area contributed by atoms with Gasteiger partial charge in [-0.2, -0.15) is 5.10 Å². The second-order valence-corrected chi connectivity index (χ2v) is 9.45. The first-order valence-corrected chi connectivity index (χ1v) is 11.9. The second kappa shape index (κ2) is 9.25. The lowest BCUT2D eigenvalue weighted by Crippen LogP contribution is -2.52. The van der Waals surface area contributed by atoms with Gasteiger partial charge in [0.1, 0.15) is 17.5 Å². The summed E-state index contributed by atoms with van der Waals surface area (Å²) in [4.78, 5) is 26.7. The first-order chi connectivity index (χ1) is 15.7. The van der Waals surface area contributed by atoms with Gasteiger partial charge in [-0.1, -0.05) is 6.92 Å². The number of carbonyl (C=O) groups excluding carboxylic acids is 1. The van der Waals surface area contributed by atoms with E-state index in [1.165, 1.54) is 12.1 Å². The maximum absolute atomic E-state index is 13.5. The van der Waals surface area contributed by atoms with Gasteiger partial charge in [0.05, 0.1) is 22.2 Å². The molecule has 0 bridgehead atoms. The Kier molecular flexibility index (Phi) is 6.56. The number of aromatic nitrogens is 4. The number of rotatable bonds is 6. The second-order valence-electron chi connectivity index (χ2n) is 9.18. The number of halogens is 2. The lowest BCUT2D eigenvalue weighted by atomic mass is 9.94. The molecule has 0 aliphatic carbocycles. The predicted molar refractivity (Wildman–Crippen MR) is 129 cm³/mol. The van der Waals surface area contributed by atoms with E-state index in [0.29, 0.717) is 37.7 Å². The Bertz CT molecular complexity index is 1150. The van der Waals surface area contributed by atoms with Crippen LogP contribution in [0.15, 0.2) is 24.3 Å². The fraction of sp³-hybridized carbons (Fsp3) is 0.500. The van der Waals surface area contributed by atoms with Crippen molar-refractivity contribution in [2.45, 2.75) is 40.5 Å². The molecule has 1 aromatic carbocycles. The zero-order valence-corrected chi connectivity index (χ0v) is 20.4. The fourth-order valence-electron chi connectivity index (χ4n) is 4.14. The van der Waals surface area contributed by atoms with Gasteiger partial charge in [0.25, 0.3) is 0 Å². The van der Waals surface area contributed by atoms with E-state index in [1.54, 1.807) is 16.8 Å². The van der Waals surface area contributed by atoms with Crippen LogP contribution in [-0.2, 0) is 11.2 Å². The minimum atomic E-state index is -0.576. The quantitative estimate of drug-likeness (QED) is 0.504. The molecule has 4 rings (SSSR count). The molecule has 3 heterocycles. The Labute approximate surface area is 198 Å². The van der Waals surface area contributed by atoms with Crippen molar-refractivity contribution < 1.29 is 9.18 Å². The summed E-state index contributed by atoms with van der Waals surface area (Å²) in [6.07, 6.45) is 1.67. The summed E-state index contributed by atoms with van der Waals surface area (Å²) in [6, 6.07) is 6.24. The van der Waals surface area contributed by atoms with Crippen molar-refractivity contribution in [3.8, 4) is 5.69 Å². The number of anilines is 1. The number of nitrogens with zero attached hydrogens (tertiary/aromatic N) is 6. The maximum Gasteiger partial charge on any atom is 0.229 e. The Hall–Kier alpha value is -2.74. The summed E-state index contributed by atoms with van der Waals surface area (Å²) in [5.74, 6) is 1.68. The number of amides is 1. The number of piperazine rings is 1. The lowest BCUT2D eigenvalue weighted by Gasteiger charge is -2.38. The molecule has 1 aliphatic rings. The number of hydrogen-bond acceptors (Lipinski definition) is 5. The summed E-state index contributed by atoms with van der Waals surface area (Å²) < 4.78 is 15.2. The number of hydrogen-bond donors (Lipinski definition) is 0. The fourth-order valence-corrected chi connectivity index (χ4v) is 4.25. The average molecular weight is 473 g/mol. The van der Waals surface area contributed by atoms with Gasteiger partial charge < -0.3 is 9.80 Å². The third-order valence-electron chi connectivity index (χ3n) is 6.05. The number of fused-ring (bicyclic) bond motifs is 1. The van der Waals surface area contributed by atoms with Gasteiger partial charge in [0.2, 0.25) is 5.91 Å².